The maximum atomic E-state index is 10.8. The predicted molar refractivity (Wildman–Crippen MR) is 73.4 cm³/mol. The van der Waals surface area contributed by atoms with Crippen LogP contribution in [0.4, 0.5) is 5.69 Å². The van der Waals surface area contributed by atoms with Crippen LogP contribution in [0.25, 0.3) is 0 Å². The van der Waals surface area contributed by atoms with Gasteiger partial charge in [0.1, 0.15) is 0 Å². The second-order valence-corrected chi connectivity index (χ2v) is 4.53. The molecule has 0 aliphatic rings. The molecule has 5 nitrogen and oxygen atoms in total. The molecular weight excluding hydrogens is 242 g/mol. The van der Waals surface area contributed by atoms with Gasteiger partial charge in [-0.2, -0.15) is 5.10 Å². The van der Waals surface area contributed by atoms with Gasteiger partial charge in [0.15, 0.2) is 0 Å². The van der Waals surface area contributed by atoms with Crippen molar-refractivity contribution < 1.29 is 9.90 Å². The summed E-state index contributed by atoms with van der Waals surface area (Å²) in [6.45, 7) is 4.62. The maximum absolute atomic E-state index is 10.8. The van der Waals surface area contributed by atoms with Crippen LogP contribution in [0.5, 0.6) is 0 Å². The van der Waals surface area contributed by atoms with Gasteiger partial charge in [0, 0.05) is 13.6 Å². The van der Waals surface area contributed by atoms with Gasteiger partial charge in [0.05, 0.1) is 22.6 Å². The zero-order chi connectivity index (χ0) is 14.0. The van der Waals surface area contributed by atoms with Crippen LogP contribution in [-0.4, -0.2) is 20.9 Å². The molecule has 2 aromatic rings. The highest BCUT2D eigenvalue weighted by Gasteiger charge is 2.08. The SMILES string of the molecule is Cc1nn(C)c(C)c1NCc1ccc(C(=O)O)cc1. The van der Waals surface area contributed by atoms with Crippen molar-refractivity contribution in [2.45, 2.75) is 20.4 Å². The molecule has 1 aromatic carbocycles. The highest BCUT2D eigenvalue weighted by molar-refractivity contribution is 5.87. The van der Waals surface area contributed by atoms with E-state index in [9.17, 15) is 4.79 Å². The summed E-state index contributed by atoms with van der Waals surface area (Å²) in [6.07, 6.45) is 0. The van der Waals surface area contributed by atoms with Crippen LogP contribution in [0.2, 0.25) is 0 Å². The third-order valence-corrected chi connectivity index (χ3v) is 3.18. The molecule has 5 heteroatoms. The molecule has 2 N–H and O–H groups in total. The lowest BCUT2D eigenvalue weighted by atomic mass is 10.1. The van der Waals surface area contributed by atoms with E-state index in [1.807, 2.05) is 37.7 Å². The number of hydrogen-bond donors (Lipinski definition) is 2. The fourth-order valence-electron chi connectivity index (χ4n) is 1.99. The highest BCUT2D eigenvalue weighted by atomic mass is 16.4. The summed E-state index contributed by atoms with van der Waals surface area (Å²) in [7, 11) is 1.91. The molecule has 0 bridgehead atoms. The number of nitrogens with zero attached hydrogens (tertiary/aromatic N) is 2. The lowest BCUT2D eigenvalue weighted by Crippen LogP contribution is -2.03. The zero-order valence-corrected chi connectivity index (χ0v) is 11.3. The van der Waals surface area contributed by atoms with Crippen LogP contribution in [0.15, 0.2) is 24.3 Å². The van der Waals surface area contributed by atoms with Gasteiger partial charge in [-0.1, -0.05) is 12.1 Å². The van der Waals surface area contributed by atoms with Crippen molar-refractivity contribution in [3.63, 3.8) is 0 Å². The van der Waals surface area contributed by atoms with Crippen molar-refractivity contribution >= 4 is 11.7 Å². The average molecular weight is 259 g/mol. The number of aromatic nitrogens is 2. The Morgan fingerprint density at radius 2 is 1.95 bits per heavy atom. The standard InChI is InChI=1S/C14H17N3O2/c1-9-13(10(2)17(3)16-9)15-8-11-4-6-12(7-5-11)14(18)19/h4-7,15H,8H2,1-3H3,(H,18,19). The van der Waals surface area contributed by atoms with Crippen LogP contribution in [0.1, 0.15) is 27.3 Å². The van der Waals surface area contributed by atoms with Crippen molar-refractivity contribution in [2.24, 2.45) is 7.05 Å². The third kappa shape index (κ3) is 2.76. The Labute approximate surface area is 111 Å². The first-order valence-corrected chi connectivity index (χ1v) is 6.05. The van der Waals surface area contributed by atoms with E-state index in [1.54, 1.807) is 12.1 Å². The van der Waals surface area contributed by atoms with E-state index in [1.165, 1.54) is 0 Å². The smallest absolute Gasteiger partial charge is 0.335 e. The number of benzene rings is 1. The summed E-state index contributed by atoms with van der Waals surface area (Å²) in [5.74, 6) is -0.904. The van der Waals surface area contributed by atoms with Crippen LogP contribution >= 0.6 is 0 Å². The summed E-state index contributed by atoms with van der Waals surface area (Å²) in [6, 6.07) is 6.86. The lowest BCUT2D eigenvalue weighted by Gasteiger charge is -2.07. The highest BCUT2D eigenvalue weighted by Crippen LogP contribution is 2.19. The predicted octanol–water partition coefficient (Wildman–Crippen LogP) is 2.35. The molecule has 1 heterocycles. The molecule has 0 spiro atoms. The number of aryl methyl sites for hydroxylation is 2. The molecular formula is C14H17N3O2. The van der Waals surface area contributed by atoms with Gasteiger partial charge in [-0.25, -0.2) is 4.79 Å². The Hall–Kier alpha value is -2.30. The molecule has 0 saturated heterocycles. The minimum atomic E-state index is -0.904. The van der Waals surface area contributed by atoms with Crippen molar-refractivity contribution in [3.05, 3.63) is 46.8 Å². The van der Waals surface area contributed by atoms with E-state index in [0.29, 0.717) is 12.1 Å². The van der Waals surface area contributed by atoms with Crippen molar-refractivity contribution in [2.75, 3.05) is 5.32 Å². The normalized spacial score (nSPS) is 10.5. The van der Waals surface area contributed by atoms with E-state index >= 15 is 0 Å². The molecule has 0 fully saturated rings. The van der Waals surface area contributed by atoms with Gasteiger partial charge in [0.25, 0.3) is 0 Å². The first-order valence-electron chi connectivity index (χ1n) is 6.05. The molecule has 0 amide bonds. The van der Waals surface area contributed by atoms with Gasteiger partial charge in [-0.15, -0.1) is 0 Å². The van der Waals surface area contributed by atoms with Gasteiger partial charge in [-0.05, 0) is 31.5 Å². The number of anilines is 1. The molecule has 0 aliphatic carbocycles. The molecule has 0 saturated carbocycles. The molecule has 0 aliphatic heterocycles. The Morgan fingerprint density at radius 1 is 1.32 bits per heavy atom. The number of carboxylic acids is 1. The Morgan fingerprint density at radius 3 is 2.42 bits per heavy atom. The first-order chi connectivity index (χ1) is 8.99. The first kappa shape index (κ1) is 13.1. The minimum absolute atomic E-state index is 0.303. The number of carbonyl (C=O) groups is 1. The van der Waals surface area contributed by atoms with E-state index in [-0.39, 0.29) is 0 Å². The number of nitrogens with one attached hydrogen (secondary N) is 1. The summed E-state index contributed by atoms with van der Waals surface area (Å²) in [5, 5.41) is 16.5. The summed E-state index contributed by atoms with van der Waals surface area (Å²) in [5.41, 5.74) is 4.41. The van der Waals surface area contributed by atoms with Gasteiger partial charge in [0.2, 0.25) is 0 Å². The van der Waals surface area contributed by atoms with E-state index < -0.39 is 5.97 Å². The average Bonchev–Trinajstić information content (AvgIpc) is 2.62. The van der Waals surface area contributed by atoms with Gasteiger partial charge >= 0.3 is 5.97 Å². The molecule has 0 unspecified atom stereocenters. The summed E-state index contributed by atoms with van der Waals surface area (Å²) < 4.78 is 1.84. The largest absolute Gasteiger partial charge is 0.478 e. The molecule has 2 rings (SSSR count). The Balaban J connectivity index is 2.08. The molecule has 1 aromatic heterocycles. The van der Waals surface area contributed by atoms with Crippen molar-refractivity contribution in [1.82, 2.24) is 9.78 Å². The molecule has 19 heavy (non-hydrogen) atoms. The van der Waals surface area contributed by atoms with Gasteiger partial charge < -0.3 is 10.4 Å². The molecule has 100 valence electrons. The number of carboxylic acid groups (broad SMARTS) is 1. The van der Waals surface area contributed by atoms with Gasteiger partial charge in [-0.3, -0.25) is 4.68 Å². The quantitative estimate of drug-likeness (QED) is 0.884. The second kappa shape index (κ2) is 5.14. The Kier molecular flexibility index (Phi) is 3.55. The van der Waals surface area contributed by atoms with E-state index in [2.05, 4.69) is 10.4 Å². The summed E-state index contributed by atoms with van der Waals surface area (Å²) in [4.78, 5) is 10.8. The molecule has 0 radical (unpaired) electrons. The lowest BCUT2D eigenvalue weighted by molar-refractivity contribution is 0.0697. The van der Waals surface area contributed by atoms with E-state index in [4.69, 9.17) is 5.11 Å². The van der Waals surface area contributed by atoms with E-state index in [0.717, 1.165) is 22.6 Å². The van der Waals surface area contributed by atoms with Crippen LogP contribution < -0.4 is 5.32 Å². The summed E-state index contributed by atoms with van der Waals surface area (Å²) >= 11 is 0. The second-order valence-electron chi connectivity index (χ2n) is 4.53. The third-order valence-electron chi connectivity index (χ3n) is 3.18. The minimum Gasteiger partial charge on any atom is -0.478 e. The fraction of sp³-hybridized carbons (Fsp3) is 0.286. The monoisotopic (exact) mass is 259 g/mol. The zero-order valence-electron chi connectivity index (χ0n) is 11.3. The topological polar surface area (TPSA) is 67.2 Å². The number of rotatable bonds is 4. The number of hydrogen-bond acceptors (Lipinski definition) is 3. The fourth-order valence-corrected chi connectivity index (χ4v) is 1.99. The molecule has 0 atom stereocenters. The Bertz CT molecular complexity index is 600. The van der Waals surface area contributed by atoms with Crippen molar-refractivity contribution in [1.29, 1.82) is 0 Å². The number of aromatic carboxylic acids is 1. The van der Waals surface area contributed by atoms with Crippen molar-refractivity contribution in [3.8, 4) is 0 Å². The van der Waals surface area contributed by atoms with Crippen LogP contribution in [-0.2, 0) is 13.6 Å². The maximum Gasteiger partial charge on any atom is 0.335 e. The van der Waals surface area contributed by atoms with Crippen LogP contribution in [0.3, 0.4) is 0 Å². The van der Waals surface area contributed by atoms with Crippen LogP contribution in [0, 0.1) is 13.8 Å².